The van der Waals surface area contributed by atoms with Gasteiger partial charge in [-0.2, -0.15) is 0 Å². The summed E-state index contributed by atoms with van der Waals surface area (Å²) in [6.07, 6.45) is 0.854. The molecule has 53 heavy (non-hydrogen) atoms. The van der Waals surface area contributed by atoms with Gasteiger partial charge in [-0.05, 0) is 94.8 Å². The molecule has 3 heterocycles. The fourth-order valence-electron chi connectivity index (χ4n) is 8.36. The van der Waals surface area contributed by atoms with Crippen LogP contribution in [0.15, 0.2) is 172 Å². The Labute approximate surface area is 313 Å². The molecule has 1 atom stereocenters. The first-order chi connectivity index (χ1) is 26.0. The number of para-hydroxylation sites is 1. The molecule has 0 spiro atoms. The Hall–Kier alpha value is -6.03. The summed E-state index contributed by atoms with van der Waals surface area (Å²) in [7, 11) is 0. The molecular weight excluding hydrogens is 663 g/mol. The predicted molar refractivity (Wildman–Crippen MR) is 228 cm³/mol. The minimum absolute atomic E-state index is 0.110. The quantitative estimate of drug-likeness (QED) is 0.180. The fourth-order valence-corrected chi connectivity index (χ4v) is 9.58. The number of thiophene rings is 1. The van der Waals surface area contributed by atoms with Gasteiger partial charge in [0, 0.05) is 42.4 Å². The van der Waals surface area contributed by atoms with E-state index < -0.39 is 0 Å². The van der Waals surface area contributed by atoms with Crippen LogP contribution in [0.25, 0.3) is 75.3 Å². The third kappa shape index (κ3) is 5.26. The van der Waals surface area contributed by atoms with Crippen molar-refractivity contribution in [1.29, 1.82) is 0 Å². The lowest BCUT2D eigenvalue weighted by Crippen LogP contribution is -2.17. The zero-order chi connectivity index (χ0) is 35.6. The second kappa shape index (κ2) is 12.6. The summed E-state index contributed by atoms with van der Waals surface area (Å²) >= 11 is 1.87. The Kier molecular flexibility index (Phi) is 7.52. The van der Waals surface area contributed by atoms with Crippen molar-refractivity contribution in [2.75, 3.05) is 0 Å². The van der Waals surface area contributed by atoms with E-state index >= 15 is 0 Å². The van der Waals surface area contributed by atoms with Gasteiger partial charge in [0.15, 0.2) is 0 Å². The molecule has 9 aromatic rings. The van der Waals surface area contributed by atoms with Gasteiger partial charge in [-0.15, -0.1) is 11.3 Å². The molecule has 0 bridgehead atoms. The van der Waals surface area contributed by atoms with Crippen LogP contribution in [-0.4, -0.2) is 5.71 Å². The number of hydrogen-bond donors (Lipinski definition) is 0. The fraction of sp³-hybridized carbons (Fsp3) is 0.100. The number of allylic oxidation sites excluding steroid dienone is 3. The number of aliphatic imine (C=N–C) groups is 1. The first-order valence-corrected chi connectivity index (χ1v) is 19.2. The number of rotatable bonds is 4. The Bertz CT molecular complexity index is 3010. The first-order valence-electron chi connectivity index (χ1n) is 18.4. The van der Waals surface area contributed by atoms with Crippen molar-refractivity contribution in [3.63, 3.8) is 0 Å². The molecular formula is C50H37NOS. The van der Waals surface area contributed by atoms with Crippen LogP contribution in [0.4, 0.5) is 0 Å². The summed E-state index contributed by atoms with van der Waals surface area (Å²) in [5.74, 6) is 0.110. The predicted octanol–water partition coefficient (Wildman–Crippen LogP) is 14.5. The highest BCUT2D eigenvalue weighted by atomic mass is 32.1. The molecule has 0 saturated carbocycles. The van der Waals surface area contributed by atoms with Crippen molar-refractivity contribution in [1.82, 2.24) is 0 Å². The first kappa shape index (κ1) is 31.7. The number of nitrogens with zero attached hydrogens (tertiary/aromatic N) is 1. The number of hydrogen-bond acceptors (Lipinski definition) is 3. The topological polar surface area (TPSA) is 25.5 Å². The largest absolute Gasteiger partial charge is 0.456 e. The standard InChI is InChI=1S/C50H37NOS/c1-30-27-43(33-13-5-4-6-14-33)31(2)32(3)49(51-48(30)42-19-11-18-40-39-15-8-10-22-46(39)53-50(40)42)37-26-24-34-28-36(25-23-35(34)29-37)38-17-12-21-45-47(38)41-16-7-9-20-44(41)52-45/h4-26,28-29,32H,27H2,1-3H3/b43-31+,48-30-,51-49+. The van der Waals surface area contributed by atoms with Gasteiger partial charge in [0.25, 0.3) is 0 Å². The van der Waals surface area contributed by atoms with Crippen LogP contribution in [-0.2, 0) is 0 Å². The van der Waals surface area contributed by atoms with Crippen LogP contribution < -0.4 is 0 Å². The van der Waals surface area contributed by atoms with E-state index in [0.29, 0.717) is 0 Å². The van der Waals surface area contributed by atoms with Gasteiger partial charge in [0.05, 0.1) is 11.4 Å². The zero-order valence-electron chi connectivity index (χ0n) is 30.0. The molecule has 1 aliphatic rings. The van der Waals surface area contributed by atoms with Gasteiger partial charge in [-0.25, -0.2) is 0 Å². The van der Waals surface area contributed by atoms with E-state index in [0.717, 1.165) is 45.3 Å². The highest BCUT2D eigenvalue weighted by molar-refractivity contribution is 7.26. The van der Waals surface area contributed by atoms with E-state index in [1.807, 2.05) is 23.5 Å². The number of furan rings is 1. The van der Waals surface area contributed by atoms with Crippen LogP contribution >= 0.6 is 11.3 Å². The number of benzene rings is 7. The molecule has 0 radical (unpaired) electrons. The Morgan fingerprint density at radius 2 is 1.25 bits per heavy atom. The highest BCUT2D eigenvalue weighted by Gasteiger charge is 2.25. The van der Waals surface area contributed by atoms with Crippen molar-refractivity contribution in [3.05, 3.63) is 179 Å². The van der Waals surface area contributed by atoms with Gasteiger partial charge in [-0.1, -0.05) is 134 Å². The van der Waals surface area contributed by atoms with Crippen molar-refractivity contribution >= 4 is 81.2 Å². The maximum absolute atomic E-state index is 6.23. The van der Waals surface area contributed by atoms with Gasteiger partial charge >= 0.3 is 0 Å². The second-order valence-electron chi connectivity index (χ2n) is 14.4. The van der Waals surface area contributed by atoms with Crippen LogP contribution in [0, 0.1) is 5.92 Å². The summed E-state index contributed by atoms with van der Waals surface area (Å²) in [5.41, 5.74) is 14.1. The minimum atomic E-state index is 0.110. The molecule has 2 aromatic heterocycles. The maximum atomic E-state index is 6.23. The third-order valence-electron chi connectivity index (χ3n) is 11.2. The Balaban J connectivity index is 1.15. The molecule has 7 aromatic carbocycles. The second-order valence-corrected chi connectivity index (χ2v) is 15.4. The van der Waals surface area contributed by atoms with E-state index in [4.69, 9.17) is 9.41 Å². The average molecular weight is 700 g/mol. The monoisotopic (exact) mass is 699 g/mol. The van der Waals surface area contributed by atoms with Crippen LogP contribution in [0.5, 0.6) is 0 Å². The Morgan fingerprint density at radius 1 is 0.585 bits per heavy atom. The van der Waals surface area contributed by atoms with Gasteiger partial charge in [0.1, 0.15) is 11.2 Å². The molecule has 0 fully saturated rings. The lowest BCUT2D eigenvalue weighted by Gasteiger charge is -2.25. The van der Waals surface area contributed by atoms with E-state index in [9.17, 15) is 0 Å². The lowest BCUT2D eigenvalue weighted by molar-refractivity contribution is 0.669. The summed E-state index contributed by atoms with van der Waals surface area (Å²) in [4.78, 5) is 5.72. The zero-order valence-corrected chi connectivity index (χ0v) is 30.8. The molecule has 0 saturated heterocycles. The Morgan fingerprint density at radius 3 is 2.09 bits per heavy atom. The third-order valence-corrected chi connectivity index (χ3v) is 12.5. The molecule has 254 valence electrons. The lowest BCUT2D eigenvalue weighted by atomic mass is 9.82. The normalized spacial score (nSPS) is 19.2. The summed E-state index contributed by atoms with van der Waals surface area (Å²) in [6, 6.07) is 54.8. The molecule has 1 unspecified atom stereocenters. The van der Waals surface area contributed by atoms with E-state index in [1.165, 1.54) is 69.9 Å². The summed E-state index contributed by atoms with van der Waals surface area (Å²) < 4.78 is 8.83. The van der Waals surface area contributed by atoms with Crippen LogP contribution in [0.1, 0.15) is 43.9 Å². The summed E-state index contributed by atoms with van der Waals surface area (Å²) in [6.45, 7) is 6.92. The SMILES string of the molecule is C/C1=C(c2cccc3c2sc2ccccc23)/N=C(/c2ccc3cc(-c4cccc5oc6ccccc6c45)ccc3c2)C(C)/C(C)=C(/c2ccccc2)C1. The molecule has 0 amide bonds. The van der Waals surface area contributed by atoms with Crippen LogP contribution in [0.3, 0.4) is 0 Å². The van der Waals surface area contributed by atoms with E-state index in [-0.39, 0.29) is 5.92 Å². The van der Waals surface area contributed by atoms with Crippen molar-refractivity contribution in [2.24, 2.45) is 10.9 Å². The van der Waals surface area contributed by atoms with Crippen molar-refractivity contribution < 1.29 is 4.42 Å². The average Bonchev–Trinajstić information content (AvgIpc) is 3.78. The van der Waals surface area contributed by atoms with Crippen molar-refractivity contribution in [3.8, 4) is 11.1 Å². The molecule has 3 heteroatoms. The molecule has 2 nitrogen and oxygen atoms in total. The van der Waals surface area contributed by atoms with E-state index in [1.54, 1.807) is 0 Å². The molecule has 1 aliphatic heterocycles. The molecule has 10 rings (SSSR count). The van der Waals surface area contributed by atoms with Crippen molar-refractivity contribution in [2.45, 2.75) is 27.2 Å². The number of fused-ring (bicyclic) bond motifs is 7. The summed E-state index contributed by atoms with van der Waals surface area (Å²) in [5, 5.41) is 7.32. The smallest absolute Gasteiger partial charge is 0.136 e. The van der Waals surface area contributed by atoms with Gasteiger partial charge in [-0.3, -0.25) is 4.99 Å². The molecule has 0 aliphatic carbocycles. The minimum Gasteiger partial charge on any atom is -0.456 e. The maximum Gasteiger partial charge on any atom is 0.136 e. The van der Waals surface area contributed by atoms with Crippen LogP contribution in [0.2, 0.25) is 0 Å². The van der Waals surface area contributed by atoms with E-state index in [2.05, 4.69) is 160 Å². The molecule has 0 N–H and O–H groups in total. The van der Waals surface area contributed by atoms with Gasteiger partial charge in [0.2, 0.25) is 0 Å². The highest BCUT2D eigenvalue weighted by Crippen LogP contribution is 2.43. The van der Waals surface area contributed by atoms with Gasteiger partial charge < -0.3 is 4.42 Å².